The van der Waals surface area contributed by atoms with E-state index in [9.17, 15) is 31.5 Å². The summed E-state index contributed by atoms with van der Waals surface area (Å²) in [5.74, 6) is -0.389. The number of alkyl halides is 6. The third kappa shape index (κ3) is 6.14. The van der Waals surface area contributed by atoms with Gasteiger partial charge in [-0.2, -0.15) is 31.4 Å². The van der Waals surface area contributed by atoms with Crippen molar-refractivity contribution in [2.24, 2.45) is 10.9 Å². The zero-order valence-corrected chi connectivity index (χ0v) is 20.7. The fourth-order valence-electron chi connectivity index (χ4n) is 4.58. The van der Waals surface area contributed by atoms with Crippen molar-refractivity contribution in [3.05, 3.63) is 81.4 Å². The van der Waals surface area contributed by atoms with Crippen LogP contribution in [0.3, 0.4) is 0 Å². The average molecular weight is 546 g/mol. The van der Waals surface area contributed by atoms with Gasteiger partial charge in [-0.15, -0.1) is 0 Å². The third-order valence-corrected chi connectivity index (χ3v) is 7.04. The highest BCUT2D eigenvalue weighted by molar-refractivity contribution is 8.02. The van der Waals surface area contributed by atoms with Crippen molar-refractivity contribution in [2.45, 2.75) is 37.8 Å². The lowest BCUT2D eigenvalue weighted by atomic mass is 9.88. The number of nitrogens with one attached hydrogen (secondary N) is 1. The van der Waals surface area contributed by atoms with Gasteiger partial charge in [-0.25, -0.2) is 4.99 Å². The number of ether oxygens (including phenoxy) is 1. The van der Waals surface area contributed by atoms with Crippen LogP contribution in [0.4, 0.5) is 26.3 Å². The van der Waals surface area contributed by atoms with E-state index in [4.69, 9.17) is 4.74 Å². The molecule has 2 N–H and O–H groups in total. The van der Waals surface area contributed by atoms with Crippen molar-refractivity contribution < 1.29 is 36.3 Å². The summed E-state index contributed by atoms with van der Waals surface area (Å²) in [6, 6.07) is 7.02. The minimum absolute atomic E-state index is 0.0974. The molecule has 37 heavy (non-hydrogen) atoms. The second-order valence-electron chi connectivity index (χ2n) is 8.87. The van der Waals surface area contributed by atoms with E-state index < -0.39 is 41.5 Å². The van der Waals surface area contributed by atoms with Crippen molar-refractivity contribution in [1.29, 1.82) is 0 Å². The molecule has 5 nitrogen and oxygen atoms in total. The van der Waals surface area contributed by atoms with E-state index in [1.54, 1.807) is 24.5 Å². The van der Waals surface area contributed by atoms with Crippen LogP contribution in [0.5, 0.6) is 0 Å². The summed E-state index contributed by atoms with van der Waals surface area (Å²) < 4.78 is 87.1. The fraction of sp³-hybridized carbons (Fsp3) is 0.400. The number of rotatable bonds is 4. The van der Waals surface area contributed by atoms with Crippen molar-refractivity contribution >= 4 is 17.7 Å². The fourth-order valence-corrected chi connectivity index (χ4v) is 5.01. The van der Waals surface area contributed by atoms with Crippen molar-refractivity contribution in [3.8, 4) is 0 Å². The summed E-state index contributed by atoms with van der Waals surface area (Å²) in [5, 5.41) is 16.1. The number of hydrogen-bond donors (Lipinski definition) is 2. The molecule has 2 heterocycles. The molecule has 0 radical (unpaired) electrons. The number of thioether (sulfide) groups is 1. The Hall–Kier alpha value is -2.54. The molecule has 2 aliphatic heterocycles. The standard InChI is InChI=1S/C25H25F6N3O2S/c1-14-5-3-4-6-18(14)21-11-22(37-2)36-23-19(12-32-13-33-23)20(34(21)35)9-15-7-16(24(26,27)28)10-17(8-15)25(29,30)31/h3-8,10-11,19-21,32,35H,9,12-13H2,1-2H3. The zero-order chi connectivity index (χ0) is 27.0. The molecule has 2 aromatic carbocycles. The topological polar surface area (TPSA) is 57.1 Å². The Morgan fingerprint density at radius 3 is 2.32 bits per heavy atom. The quantitative estimate of drug-likeness (QED) is 0.449. The van der Waals surface area contributed by atoms with Gasteiger partial charge in [-0.3, -0.25) is 5.32 Å². The molecule has 3 unspecified atom stereocenters. The molecule has 12 heteroatoms. The maximum absolute atomic E-state index is 13.5. The smallest absolute Gasteiger partial charge is 0.416 e. The number of nitrogens with zero attached hydrogens (tertiary/aromatic N) is 2. The van der Waals surface area contributed by atoms with Gasteiger partial charge in [0.1, 0.15) is 0 Å². The molecule has 0 aromatic heterocycles. The molecule has 0 fully saturated rings. The molecule has 0 bridgehead atoms. The Morgan fingerprint density at radius 1 is 1.08 bits per heavy atom. The van der Waals surface area contributed by atoms with Crippen LogP contribution in [0.1, 0.15) is 33.9 Å². The number of aryl methyl sites for hydroxylation is 1. The first-order valence-electron chi connectivity index (χ1n) is 11.4. The SMILES string of the molecule is CSC1=CC(c2ccccc2C)N(O)C(Cc2cc(C(F)(F)F)cc(C(F)(F)F)c2)C2CNCN=C2O1. The maximum atomic E-state index is 13.5. The molecule has 200 valence electrons. The molecule has 0 saturated carbocycles. The van der Waals surface area contributed by atoms with Gasteiger partial charge in [0.05, 0.1) is 35.8 Å². The van der Waals surface area contributed by atoms with Gasteiger partial charge >= 0.3 is 12.4 Å². The highest BCUT2D eigenvalue weighted by Crippen LogP contribution is 2.39. The van der Waals surface area contributed by atoms with Crippen molar-refractivity contribution in [2.75, 3.05) is 19.5 Å². The van der Waals surface area contributed by atoms with E-state index in [0.717, 1.165) is 10.6 Å². The predicted molar refractivity (Wildman–Crippen MR) is 128 cm³/mol. The van der Waals surface area contributed by atoms with Crippen LogP contribution in [0.2, 0.25) is 0 Å². The molecule has 0 aliphatic carbocycles. The monoisotopic (exact) mass is 545 g/mol. The Balaban J connectivity index is 1.84. The highest BCUT2D eigenvalue weighted by atomic mass is 32.2. The molecule has 2 aromatic rings. The van der Waals surface area contributed by atoms with E-state index in [1.165, 1.54) is 11.8 Å². The van der Waals surface area contributed by atoms with Crippen molar-refractivity contribution in [3.63, 3.8) is 0 Å². The minimum Gasteiger partial charge on any atom is -0.436 e. The third-order valence-electron chi connectivity index (χ3n) is 6.42. The van der Waals surface area contributed by atoms with E-state index in [1.807, 2.05) is 19.1 Å². The lowest BCUT2D eigenvalue weighted by Crippen LogP contribution is -2.52. The number of benzene rings is 2. The number of halogens is 6. The highest BCUT2D eigenvalue weighted by Gasteiger charge is 2.41. The number of hydroxylamine groups is 2. The van der Waals surface area contributed by atoms with Crippen molar-refractivity contribution in [1.82, 2.24) is 10.4 Å². The Kier molecular flexibility index (Phi) is 7.93. The lowest BCUT2D eigenvalue weighted by molar-refractivity contribution is -0.160. The Labute approximate surface area is 214 Å². The van der Waals surface area contributed by atoms with Gasteiger partial charge in [0.25, 0.3) is 0 Å². The van der Waals surface area contributed by atoms with Gasteiger partial charge in [0.2, 0.25) is 0 Å². The summed E-state index contributed by atoms with van der Waals surface area (Å²) >= 11 is 1.29. The largest absolute Gasteiger partial charge is 0.436 e. The first kappa shape index (κ1) is 27.5. The summed E-state index contributed by atoms with van der Waals surface area (Å²) in [6.45, 7) is 2.34. The molecule has 0 amide bonds. The van der Waals surface area contributed by atoms with Crippen LogP contribution >= 0.6 is 11.8 Å². The van der Waals surface area contributed by atoms with E-state index in [-0.39, 0.29) is 37.2 Å². The van der Waals surface area contributed by atoms with Gasteiger partial charge in [0.15, 0.2) is 11.0 Å². The van der Waals surface area contributed by atoms with Crippen LogP contribution in [0, 0.1) is 12.8 Å². The van der Waals surface area contributed by atoms with E-state index in [2.05, 4.69) is 10.3 Å². The molecule has 3 atom stereocenters. The van der Waals surface area contributed by atoms with Crippen LogP contribution in [-0.4, -0.2) is 41.7 Å². The predicted octanol–water partition coefficient (Wildman–Crippen LogP) is 6.19. The van der Waals surface area contributed by atoms with Gasteiger partial charge in [-0.1, -0.05) is 36.0 Å². The van der Waals surface area contributed by atoms with E-state index in [0.29, 0.717) is 22.8 Å². The molecule has 4 rings (SSSR count). The summed E-state index contributed by atoms with van der Waals surface area (Å²) in [7, 11) is 0. The van der Waals surface area contributed by atoms with Gasteiger partial charge in [0, 0.05) is 6.54 Å². The summed E-state index contributed by atoms with van der Waals surface area (Å²) in [6.07, 6.45) is -6.80. The lowest BCUT2D eigenvalue weighted by Gasteiger charge is -2.40. The summed E-state index contributed by atoms with van der Waals surface area (Å²) in [4.78, 5) is 4.34. The average Bonchev–Trinajstić information content (AvgIpc) is 2.83. The summed E-state index contributed by atoms with van der Waals surface area (Å²) in [5.41, 5.74) is -1.46. The maximum Gasteiger partial charge on any atom is 0.416 e. The molecule has 0 spiro atoms. The van der Waals surface area contributed by atoms with Gasteiger partial charge < -0.3 is 9.94 Å². The second-order valence-corrected chi connectivity index (χ2v) is 9.68. The van der Waals surface area contributed by atoms with Crippen LogP contribution < -0.4 is 5.32 Å². The molecular weight excluding hydrogens is 520 g/mol. The first-order chi connectivity index (χ1) is 17.4. The number of hydrogen-bond acceptors (Lipinski definition) is 6. The Morgan fingerprint density at radius 2 is 1.73 bits per heavy atom. The zero-order valence-electron chi connectivity index (χ0n) is 19.9. The second kappa shape index (κ2) is 10.7. The molecule has 2 aliphatic rings. The van der Waals surface area contributed by atoms with Gasteiger partial charge in [-0.05, 0) is 60.6 Å². The molecular formula is C25H25F6N3O2S. The van der Waals surface area contributed by atoms with Crippen LogP contribution in [0.15, 0.2) is 58.6 Å². The van der Waals surface area contributed by atoms with Crippen LogP contribution in [-0.2, 0) is 23.5 Å². The van der Waals surface area contributed by atoms with E-state index >= 15 is 0 Å². The normalized spacial score (nSPS) is 23.3. The first-order valence-corrected chi connectivity index (χ1v) is 12.6. The Bertz CT molecular complexity index is 1170. The van der Waals surface area contributed by atoms with Crippen LogP contribution in [0.25, 0.3) is 0 Å². The number of aliphatic imine (C=N–C) groups is 1. The molecule has 0 saturated heterocycles. The minimum atomic E-state index is -4.97. The number of fused-ring (bicyclic) bond motifs is 1.